The van der Waals surface area contributed by atoms with Gasteiger partial charge in [0.15, 0.2) is 11.6 Å². The summed E-state index contributed by atoms with van der Waals surface area (Å²) in [4.78, 5) is 6.02. The highest BCUT2D eigenvalue weighted by Crippen LogP contribution is 2.18. The fraction of sp³-hybridized carbons (Fsp3) is 0.545. The third-order valence-corrected chi connectivity index (χ3v) is 2.49. The van der Waals surface area contributed by atoms with Gasteiger partial charge < -0.3 is 9.64 Å². The van der Waals surface area contributed by atoms with Crippen molar-refractivity contribution >= 4 is 5.82 Å². The number of hydrogen-bond donors (Lipinski definition) is 0. The van der Waals surface area contributed by atoms with E-state index in [-0.39, 0.29) is 11.9 Å². The summed E-state index contributed by atoms with van der Waals surface area (Å²) in [5.41, 5.74) is 0. The fourth-order valence-corrected chi connectivity index (χ4v) is 1.80. The van der Waals surface area contributed by atoms with Crippen LogP contribution >= 0.6 is 0 Å². The molecule has 1 fully saturated rings. The SMILES string of the molecule is C[C@H]1CN(c2ncccc2F)CCCO1. The van der Waals surface area contributed by atoms with E-state index in [1.807, 2.05) is 11.8 Å². The van der Waals surface area contributed by atoms with Crippen molar-refractivity contribution in [3.05, 3.63) is 24.1 Å². The minimum Gasteiger partial charge on any atom is -0.377 e. The van der Waals surface area contributed by atoms with Gasteiger partial charge in [-0.05, 0) is 25.5 Å². The van der Waals surface area contributed by atoms with Crippen molar-refractivity contribution < 1.29 is 9.13 Å². The maximum absolute atomic E-state index is 13.5. The molecule has 1 aliphatic rings. The van der Waals surface area contributed by atoms with E-state index < -0.39 is 0 Å². The molecule has 0 aliphatic carbocycles. The highest BCUT2D eigenvalue weighted by Gasteiger charge is 2.18. The van der Waals surface area contributed by atoms with Gasteiger partial charge in [0, 0.05) is 25.9 Å². The van der Waals surface area contributed by atoms with Crippen molar-refractivity contribution in [2.45, 2.75) is 19.4 Å². The van der Waals surface area contributed by atoms with Gasteiger partial charge >= 0.3 is 0 Å². The Labute approximate surface area is 88.9 Å². The average Bonchev–Trinajstić information content (AvgIpc) is 2.43. The topological polar surface area (TPSA) is 25.4 Å². The maximum atomic E-state index is 13.5. The van der Waals surface area contributed by atoms with Crippen LogP contribution < -0.4 is 4.90 Å². The number of pyridine rings is 1. The zero-order valence-electron chi connectivity index (χ0n) is 8.82. The number of ether oxygens (including phenoxy) is 1. The van der Waals surface area contributed by atoms with Crippen LogP contribution in [0, 0.1) is 5.82 Å². The van der Waals surface area contributed by atoms with Crippen LogP contribution in [0.3, 0.4) is 0 Å². The van der Waals surface area contributed by atoms with Crippen LogP contribution in [0.15, 0.2) is 18.3 Å². The van der Waals surface area contributed by atoms with E-state index >= 15 is 0 Å². The molecular formula is C11H15FN2O. The van der Waals surface area contributed by atoms with Gasteiger partial charge in [0.05, 0.1) is 6.10 Å². The van der Waals surface area contributed by atoms with Crippen molar-refractivity contribution in [1.82, 2.24) is 4.98 Å². The first-order chi connectivity index (χ1) is 7.27. The number of rotatable bonds is 1. The van der Waals surface area contributed by atoms with E-state index in [0.29, 0.717) is 12.4 Å². The summed E-state index contributed by atoms with van der Waals surface area (Å²) in [5, 5.41) is 0. The summed E-state index contributed by atoms with van der Waals surface area (Å²) in [6.07, 6.45) is 2.67. The van der Waals surface area contributed by atoms with E-state index in [9.17, 15) is 4.39 Å². The molecule has 0 saturated carbocycles. The second kappa shape index (κ2) is 4.57. The van der Waals surface area contributed by atoms with Crippen LogP contribution in [0.5, 0.6) is 0 Å². The van der Waals surface area contributed by atoms with Gasteiger partial charge in [-0.1, -0.05) is 0 Å². The number of nitrogens with zero attached hydrogens (tertiary/aromatic N) is 2. The Hall–Kier alpha value is -1.16. The highest BCUT2D eigenvalue weighted by molar-refractivity contribution is 5.39. The Morgan fingerprint density at radius 2 is 2.47 bits per heavy atom. The predicted molar refractivity (Wildman–Crippen MR) is 56.4 cm³/mol. The molecule has 0 radical (unpaired) electrons. The monoisotopic (exact) mass is 210 g/mol. The molecule has 1 aromatic heterocycles. The van der Waals surface area contributed by atoms with Crippen molar-refractivity contribution in [1.29, 1.82) is 0 Å². The molecule has 3 nitrogen and oxygen atoms in total. The molecule has 82 valence electrons. The van der Waals surface area contributed by atoms with Gasteiger partial charge in [0.1, 0.15) is 0 Å². The Kier molecular flexibility index (Phi) is 3.16. The lowest BCUT2D eigenvalue weighted by Gasteiger charge is -2.23. The quantitative estimate of drug-likeness (QED) is 0.707. The number of anilines is 1. The third kappa shape index (κ3) is 2.45. The van der Waals surface area contributed by atoms with Gasteiger partial charge in [0.2, 0.25) is 0 Å². The van der Waals surface area contributed by atoms with Crippen LogP contribution in [0.4, 0.5) is 10.2 Å². The van der Waals surface area contributed by atoms with Crippen LogP contribution in [0.25, 0.3) is 0 Å². The normalized spacial score (nSPS) is 22.5. The molecule has 1 aliphatic heterocycles. The lowest BCUT2D eigenvalue weighted by atomic mass is 10.3. The Morgan fingerprint density at radius 1 is 1.60 bits per heavy atom. The van der Waals surface area contributed by atoms with Gasteiger partial charge in [-0.25, -0.2) is 9.37 Å². The van der Waals surface area contributed by atoms with E-state index in [1.54, 1.807) is 12.3 Å². The van der Waals surface area contributed by atoms with E-state index in [0.717, 1.165) is 19.6 Å². The largest absolute Gasteiger partial charge is 0.377 e. The van der Waals surface area contributed by atoms with Gasteiger partial charge in [-0.15, -0.1) is 0 Å². The molecule has 2 rings (SSSR count). The van der Waals surface area contributed by atoms with Crippen LogP contribution in [0.2, 0.25) is 0 Å². The zero-order valence-corrected chi connectivity index (χ0v) is 8.82. The van der Waals surface area contributed by atoms with Crippen molar-refractivity contribution in [3.63, 3.8) is 0 Å². The molecule has 1 aromatic rings. The third-order valence-electron chi connectivity index (χ3n) is 2.49. The summed E-state index contributed by atoms with van der Waals surface area (Å²) in [6.45, 7) is 4.25. The molecule has 0 unspecified atom stereocenters. The van der Waals surface area contributed by atoms with Crippen molar-refractivity contribution in [2.75, 3.05) is 24.6 Å². The second-order valence-electron chi connectivity index (χ2n) is 3.79. The van der Waals surface area contributed by atoms with Crippen LogP contribution in [0.1, 0.15) is 13.3 Å². The molecule has 1 atom stereocenters. The lowest BCUT2D eigenvalue weighted by Crippen LogP contribution is -2.31. The first kappa shape index (κ1) is 10.4. The molecule has 0 amide bonds. The van der Waals surface area contributed by atoms with Crippen molar-refractivity contribution in [3.8, 4) is 0 Å². The van der Waals surface area contributed by atoms with Gasteiger partial charge in [-0.2, -0.15) is 0 Å². The highest BCUT2D eigenvalue weighted by atomic mass is 19.1. The average molecular weight is 210 g/mol. The maximum Gasteiger partial charge on any atom is 0.165 e. The van der Waals surface area contributed by atoms with Gasteiger partial charge in [-0.3, -0.25) is 0 Å². The zero-order chi connectivity index (χ0) is 10.7. The first-order valence-electron chi connectivity index (χ1n) is 5.24. The molecule has 0 bridgehead atoms. The van der Waals surface area contributed by atoms with Gasteiger partial charge in [0.25, 0.3) is 0 Å². The standard InChI is InChI=1S/C11H15FN2O/c1-9-8-14(6-3-7-15-9)11-10(12)4-2-5-13-11/h2,4-5,9H,3,6-8H2,1H3/t9-/m0/s1. The first-order valence-corrected chi connectivity index (χ1v) is 5.24. The smallest absolute Gasteiger partial charge is 0.165 e. The van der Waals surface area contributed by atoms with Crippen LogP contribution in [-0.2, 0) is 4.74 Å². The Balaban J connectivity index is 2.18. The predicted octanol–water partition coefficient (Wildman–Crippen LogP) is 1.84. The molecule has 0 spiro atoms. The molecular weight excluding hydrogens is 195 g/mol. The molecule has 15 heavy (non-hydrogen) atoms. The minimum atomic E-state index is -0.258. The van der Waals surface area contributed by atoms with Crippen molar-refractivity contribution in [2.24, 2.45) is 0 Å². The fourth-order valence-electron chi connectivity index (χ4n) is 1.80. The minimum absolute atomic E-state index is 0.133. The van der Waals surface area contributed by atoms with E-state index in [1.165, 1.54) is 6.07 Å². The number of hydrogen-bond acceptors (Lipinski definition) is 3. The van der Waals surface area contributed by atoms with Crippen LogP contribution in [-0.4, -0.2) is 30.8 Å². The van der Waals surface area contributed by atoms with E-state index in [2.05, 4.69) is 4.98 Å². The Morgan fingerprint density at radius 3 is 3.27 bits per heavy atom. The summed E-state index contributed by atoms with van der Waals surface area (Å²) in [7, 11) is 0. The molecule has 1 saturated heterocycles. The van der Waals surface area contributed by atoms with E-state index in [4.69, 9.17) is 4.74 Å². The summed E-state index contributed by atoms with van der Waals surface area (Å²) in [6, 6.07) is 3.05. The molecule has 2 heterocycles. The second-order valence-corrected chi connectivity index (χ2v) is 3.79. The summed E-state index contributed by atoms with van der Waals surface area (Å²) < 4.78 is 19.0. The summed E-state index contributed by atoms with van der Waals surface area (Å²) >= 11 is 0. The lowest BCUT2D eigenvalue weighted by molar-refractivity contribution is 0.0820. The summed E-state index contributed by atoms with van der Waals surface area (Å²) in [5.74, 6) is 0.182. The molecule has 0 N–H and O–H groups in total. The number of aromatic nitrogens is 1. The molecule has 0 aromatic carbocycles. The Bertz CT molecular complexity index is 332. The molecule has 4 heteroatoms. The number of halogens is 1.